The van der Waals surface area contributed by atoms with E-state index in [1.807, 2.05) is 50.4 Å². The van der Waals surface area contributed by atoms with Crippen LogP contribution < -0.4 is 4.74 Å². The van der Waals surface area contributed by atoms with Gasteiger partial charge in [-0.05, 0) is 63.8 Å². The minimum absolute atomic E-state index is 0.225. The summed E-state index contributed by atoms with van der Waals surface area (Å²) < 4.78 is 16.1. The van der Waals surface area contributed by atoms with Crippen LogP contribution in [0.15, 0.2) is 29.6 Å². The summed E-state index contributed by atoms with van der Waals surface area (Å²) in [6.45, 7) is 7.69. The van der Waals surface area contributed by atoms with E-state index in [0.717, 1.165) is 34.9 Å². The van der Waals surface area contributed by atoms with Crippen LogP contribution in [-0.2, 0) is 20.7 Å². The van der Waals surface area contributed by atoms with Crippen molar-refractivity contribution in [3.05, 3.63) is 35.3 Å². The molecule has 32 heavy (non-hydrogen) atoms. The Bertz CT molecular complexity index is 896. The number of methoxy groups -OCH3 is 1. The Labute approximate surface area is 193 Å². The maximum Gasteiger partial charge on any atom is 0.410 e. The van der Waals surface area contributed by atoms with Gasteiger partial charge in [0.25, 0.3) is 0 Å². The summed E-state index contributed by atoms with van der Waals surface area (Å²) in [5.41, 5.74) is 1.46. The van der Waals surface area contributed by atoms with Gasteiger partial charge < -0.3 is 19.1 Å². The fraction of sp³-hybridized carbons (Fsp3) is 0.542. The number of nitrogens with zero attached hydrogens (tertiary/aromatic N) is 2. The van der Waals surface area contributed by atoms with Crippen LogP contribution in [0, 0.1) is 5.92 Å². The summed E-state index contributed by atoms with van der Waals surface area (Å²) in [5.74, 6) is 1.02. The van der Waals surface area contributed by atoms with Gasteiger partial charge in [0.05, 0.1) is 25.8 Å². The third-order valence-electron chi connectivity index (χ3n) is 5.22. The molecule has 0 atom stereocenters. The number of thiazole rings is 1. The Kier molecular flexibility index (Phi) is 8.12. The summed E-state index contributed by atoms with van der Waals surface area (Å²) in [6, 6.07) is 7.92. The average molecular weight is 461 g/mol. The van der Waals surface area contributed by atoms with Crippen molar-refractivity contribution in [3.63, 3.8) is 0 Å². The lowest BCUT2D eigenvalue weighted by Gasteiger charge is -2.33. The molecule has 8 heteroatoms. The van der Waals surface area contributed by atoms with Crippen molar-refractivity contribution in [2.75, 3.05) is 26.8 Å². The third-order valence-corrected chi connectivity index (χ3v) is 6.16. The summed E-state index contributed by atoms with van der Waals surface area (Å²) in [4.78, 5) is 29.9. The van der Waals surface area contributed by atoms with Gasteiger partial charge in [0.15, 0.2) is 0 Å². The fourth-order valence-corrected chi connectivity index (χ4v) is 4.26. The Morgan fingerprint density at radius 3 is 2.47 bits per heavy atom. The Balaban J connectivity index is 1.43. The number of likely N-dealkylation sites (tertiary alicyclic amines) is 1. The van der Waals surface area contributed by atoms with Crippen LogP contribution in [0.3, 0.4) is 0 Å². The SMILES string of the molecule is COC(=O)CCc1csc(-c2ccc(OCC3CCN(C(=O)OC(C)(C)C)CC3)cc2)n1. The van der Waals surface area contributed by atoms with Crippen LogP contribution in [0.2, 0.25) is 0 Å². The molecule has 0 spiro atoms. The lowest BCUT2D eigenvalue weighted by molar-refractivity contribution is -0.140. The van der Waals surface area contributed by atoms with Crippen LogP contribution in [0.25, 0.3) is 10.6 Å². The first-order valence-corrected chi connectivity index (χ1v) is 11.8. The highest BCUT2D eigenvalue weighted by molar-refractivity contribution is 7.13. The molecule has 0 N–H and O–H groups in total. The van der Waals surface area contributed by atoms with Crippen molar-refractivity contribution in [1.82, 2.24) is 9.88 Å². The van der Waals surface area contributed by atoms with Crippen LogP contribution in [0.4, 0.5) is 4.79 Å². The summed E-state index contributed by atoms with van der Waals surface area (Å²) >= 11 is 1.56. The van der Waals surface area contributed by atoms with Crippen molar-refractivity contribution < 1.29 is 23.8 Å². The number of amides is 1. The van der Waals surface area contributed by atoms with Gasteiger partial charge in [0.1, 0.15) is 16.4 Å². The van der Waals surface area contributed by atoms with Crippen LogP contribution >= 0.6 is 11.3 Å². The topological polar surface area (TPSA) is 78.0 Å². The van der Waals surface area contributed by atoms with E-state index in [2.05, 4.69) is 9.72 Å². The van der Waals surface area contributed by atoms with Gasteiger partial charge >= 0.3 is 12.1 Å². The van der Waals surface area contributed by atoms with E-state index in [0.29, 0.717) is 38.5 Å². The maximum absolute atomic E-state index is 12.2. The Morgan fingerprint density at radius 1 is 1.16 bits per heavy atom. The van der Waals surface area contributed by atoms with Crippen molar-refractivity contribution in [2.24, 2.45) is 5.92 Å². The summed E-state index contributed by atoms with van der Waals surface area (Å²) in [5, 5.41) is 2.90. The number of hydrogen-bond donors (Lipinski definition) is 0. The minimum atomic E-state index is -0.466. The van der Waals surface area contributed by atoms with Gasteiger partial charge in [-0.2, -0.15) is 0 Å². The summed E-state index contributed by atoms with van der Waals surface area (Å²) in [6.07, 6.45) is 2.50. The number of carbonyl (C=O) groups is 2. The molecule has 3 rings (SSSR count). The zero-order valence-corrected chi connectivity index (χ0v) is 20.1. The van der Waals surface area contributed by atoms with Gasteiger partial charge in [-0.15, -0.1) is 11.3 Å². The van der Waals surface area contributed by atoms with E-state index in [1.54, 1.807) is 16.2 Å². The molecule has 7 nitrogen and oxygen atoms in total. The zero-order chi connectivity index (χ0) is 23.1. The predicted molar refractivity (Wildman–Crippen MR) is 124 cm³/mol. The molecule has 1 aromatic heterocycles. The molecule has 1 amide bonds. The highest BCUT2D eigenvalue weighted by atomic mass is 32.1. The van der Waals surface area contributed by atoms with Gasteiger partial charge in [-0.1, -0.05) is 0 Å². The number of ether oxygens (including phenoxy) is 3. The van der Waals surface area contributed by atoms with Crippen molar-refractivity contribution in [3.8, 4) is 16.3 Å². The number of benzene rings is 1. The standard InChI is InChI=1S/C24H32N2O5S/c1-24(2,3)31-23(28)26-13-11-17(12-14-26)15-30-20-8-5-18(6-9-20)22-25-19(16-32-22)7-10-21(27)29-4/h5-6,8-9,16-17H,7,10-15H2,1-4H3. The number of carbonyl (C=O) groups excluding carboxylic acids is 2. The highest BCUT2D eigenvalue weighted by Gasteiger charge is 2.27. The normalized spacial score (nSPS) is 14.8. The molecule has 174 valence electrons. The molecule has 2 aromatic rings. The molecule has 1 fully saturated rings. The number of hydrogen-bond acceptors (Lipinski definition) is 7. The monoisotopic (exact) mass is 460 g/mol. The van der Waals surface area contributed by atoms with Gasteiger partial charge in [0, 0.05) is 30.5 Å². The zero-order valence-electron chi connectivity index (χ0n) is 19.3. The number of piperidine rings is 1. The molecule has 0 radical (unpaired) electrons. The Hall–Kier alpha value is -2.61. The first-order chi connectivity index (χ1) is 15.2. The molecule has 1 aliphatic rings. The van der Waals surface area contributed by atoms with Crippen molar-refractivity contribution in [1.29, 1.82) is 0 Å². The Morgan fingerprint density at radius 2 is 1.84 bits per heavy atom. The molecular formula is C24H32N2O5S. The molecule has 1 saturated heterocycles. The van der Waals surface area contributed by atoms with E-state index in [9.17, 15) is 9.59 Å². The second kappa shape index (κ2) is 10.8. The number of aryl methyl sites for hydroxylation is 1. The smallest absolute Gasteiger partial charge is 0.410 e. The average Bonchev–Trinajstić information content (AvgIpc) is 3.24. The van der Waals surface area contributed by atoms with E-state index in [1.165, 1.54) is 7.11 Å². The van der Waals surface area contributed by atoms with Gasteiger partial charge in [-0.25, -0.2) is 9.78 Å². The number of rotatable bonds is 7. The van der Waals surface area contributed by atoms with Gasteiger partial charge in [-0.3, -0.25) is 4.79 Å². The van der Waals surface area contributed by atoms with Crippen LogP contribution in [0.5, 0.6) is 5.75 Å². The largest absolute Gasteiger partial charge is 0.493 e. The maximum atomic E-state index is 12.2. The predicted octanol–water partition coefficient (Wildman–Crippen LogP) is 4.94. The third kappa shape index (κ3) is 7.22. The van der Waals surface area contributed by atoms with Crippen LogP contribution in [-0.4, -0.2) is 54.4 Å². The molecule has 1 aromatic carbocycles. The fourth-order valence-electron chi connectivity index (χ4n) is 3.40. The first kappa shape index (κ1) is 24.0. The van der Waals surface area contributed by atoms with Gasteiger partial charge in [0.2, 0.25) is 0 Å². The van der Waals surface area contributed by atoms with Crippen LogP contribution in [0.1, 0.15) is 45.7 Å². The lowest BCUT2D eigenvalue weighted by atomic mass is 9.98. The number of aromatic nitrogens is 1. The van der Waals surface area contributed by atoms with E-state index < -0.39 is 5.60 Å². The lowest BCUT2D eigenvalue weighted by Crippen LogP contribution is -2.42. The van der Waals surface area contributed by atoms with E-state index in [-0.39, 0.29) is 12.1 Å². The van der Waals surface area contributed by atoms with Crippen molar-refractivity contribution >= 4 is 23.4 Å². The van der Waals surface area contributed by atoms with E-state index >= 15 is 0 Å². The molecular weight excluding hydrogens is 428 g/mol. The second-order valence-corrected chi connectivity index (χ2v) is 9.82. The highest BCUT2D eigenvalue weighted by Crippen LogP contribution is 2.27. The quantitative estimate of drug-likeness (QED) is 0.545. The second-order valence-electron chi connectivity index (χ2n) is 8.97. The molecule has 2 heterocycles. The number of esters is 1. The first-order valence-electron chi connectivity index (χ1n) is 11.0. The van der Waals surface area contributed by atoms with E-state index in [4.69, 9.17) is 9.47 Å². The molecule has 0 saturated carbocycles. The molecule has 1 aliphatic heterocycles. The van der Waals surface area contributed by atoms with Crippen molar-refractivity contribution in [2.45, 2.75) is 52.1 Å². The molecule has 0 bridgehead atoms. The molecule has 0 unspecified atom stereocenters. The summed E-state index contributed by atoms with van der Waals surface area (Å²) in [7, 11) is 1.39. The molecule has 0 aliphatic carbocycles. The minimum Gasteiger partial charge on any atom is -0.493 e.